The van der Waals surface area contributed by atoms with Gasteiger partial charge in [-0.1, -0.05) is 0 Å². The number of carbonyl (C=O) groups excluding carboxylic acids is 1. The smallest absolute Gasteiger partial charge is 0.257 e. The van der Waals surface area contributed by atoms with E-state index in [1.807, 2.05) is 11.8 Å². The number of carbonyl (C=O) groups is 1. The molecule has 0 bridgehead atoms. The Hall–Kier alpha value is -1.29. The zero-order valence-electron chi connectivity index (χ0n) is 9.93. The molecule has 1 aliphatic carbocycles. The van der Waals surface area contributed by atoms with Crippen molar-refractivity contribution in [3.05, 3.63) is 23.7 Å². The molecule has 3 unspecified atom stereocenters. The van der Waals surface area contributed by atoms with Gasteiger partial charge in [0.1, 0.15) is 12.0 Å². The number of aryl methyl sites for hydroxylation is 1. The van der Waals surface area contributed by atoms with Crippen molar-refractivity contribution in [1.29, 1.82) is 0 Å². The van der Waals surface area contributed by atoms with Gasteiger partial charge in [-0.3, -0.25) is 4.79 Å². The summed E-state index contributed by atoms with van der Waals surface area (Å²) in [5.41, 5.74) is 0.622. The van der Waals surface area contributed by atoms with Gasteiger partial charge in [0.2, 0.25) is 0 Å². The maximum Gasteiger partial charge on any atom is 0.257 e. The zero-order valence-corrected chi connectivity index (χ0v) is 9.93. The van der Waals surface area contributed by atoms with E-state index in [0.717, 1.165) is 25.1 Å². The normalized spacial score (nSPS) is 31.9. The van der Waals surface area contributed by atoms with E-state index in [1.165, 1.54) is 6.26 Å². The van der Waals surface area contributed by atoms with Gasteiger partial charge in [-0.15, -0.1) is 0 Å². The number of fused-ring (bicyclic) bond motifs is 1. The van der Waals surface area contributed by atoms with Crippen LogP contribution < -0.4 is 0 Å². The SMILES string of the molecule is Cc1cc(C(=O)N2CC3CCC(O)C3C2)co1. The molecule has 17 heavy (non-hydrogen) atoms. The molecule has 1 aliphatic heterocycles. The van der Waals surface area contributed by atoms with Gasteiger partial charge in [-0.2, -0.15) is 0 Å². The summed E-state index contributed by atoms with van der Waals surface area (Å²) in [5.74, 6) is 1.56. The summed E-state index contributed by atoms with van der Waals surface area (Å²) < 4.78 is 5.16. The highest BCUT2D eigenvalue weighted by Gasteiger charge is 2.43. The lowest BCUT2D eigenvalue weighted by Gasteiger charge is -2.17. The third-order valence-corrected chi connectivity index (χ3v) is 4.08. The van der Waals surface area contributed by atoms with Crippen molar-refractivity contribution in [3.8, 4) is 0 Å². The van der Waals surface area contributed by atoms with Gasteiger partial charge < -0.3 is 14.4 Å². The van der Waals surface area contributed by atoms with E-state index < -0.39 is 0 Å². The fourth-order valence-corrected chi connectivity index (χ4v) is 3.14. The lowest BCUT2D eigenvalue weighted by atomic mass is 10.00. The summed E-state index contributed by atoms with van der Waals surface area (Å²) in [6.45, 7) is 3.30. The van der Waals surface area contributed by atoms with Crippen LogP contribution in [0.5, 0.6) is 0 Å². The van der Waals surface area contributed by atoms with Crippen molar-refractivity contribution in [2.24, 2.45) is 11.8 Å². The molecule has 4 heteroatoms. The lowest BCUT2D eigenvalue weighted by Crippen LogP contribution is -2.30. The molecule has 1 amide bonds. The van der Waals surface area contributed by atoms with Crippen molar-refractivity contribution in [2.45, 2.75) is 25.9 Å². The second-order valence-electron chi connectivity index (χ2n) is 5.22. The van der Waals surface area contributed by atoms with E-state index in [2.05, 4.69) is 0 Å². The molecule has 2 aliphatic rings. The Kier molecular flexibility index (Phi) is 2.47. The molecular formula is C13H17NO3. The van der Waals surface area contributed by atoms with Gasteiger partial charge in [-0.05, 0) is 31.7 Å². The lowest BCUT2D eigenvalue weighted by molar-refractivity contribution is 0.0751. The van der Waals surface area contributed by atoms with Crippen molar-refractivity contribution in [2.75, 3.05) is 13.1 Å². The number of likely N-dealkylation sites (tertiary alicyclic amines) is 1. The van der Waals surface area contributed by atoms with Crippen LogP contribution in [0.4, 0.5) is 0 Å². The van der Waals surface area contributed by atoms with E-state index in [0.29, 0.717) is 18.0 Å². The molecule has 0 aromatic carbocycles. The maximum atomic E-state index is 12.2. The molecule has 0 radical (unpaired) electrons. The quantitative estimate of drug-likeness (QED) is 0.801. The van der Waals surface area contributed by atoms with Crippen LogP contribution in [0.3, 0.4) is 0 Å². The first-order chi connectivity index (χ1) is 8.15. The molecule has 4 nitrogen and oxygen atoms in total. The molecule has 3 atom stereocenters. The van der Waals surface area contributed by atoms with Crippen molar-refractivity contribution in [3.63, 3.8) is 0 Å². The van der Waals surface area contributed by atoms with E-state index >= 15 is 0 Å². The Bertz CT molecular complexity index is 440. The predicted octanol–water partition coefficient (Wildman–Crippen LogP) is 1.43. The minimum atomic E-state index is -0.219. The van der Waals surface area contributed by atoms with Crippen LogP contribution in [0, 0.1) is 18.8 Å². The molecule has 1 saturated carbocycles. The maximum absolute atomic E-state index is 12.2. The highest BCUT2D eigenvalue weighted by Crippen LogP contribution is 2.38. The highest BCUT2D eigenvalue weighted by atomic mass is 16.3. The van der Waals surface area contributed by atoms with Crippen molar-refractivity contribution < 1.29 is 14.3 Å². The fraction of sp³-hybridized carbons (Fsp3) is 0.615. The Morgan fingerprint density at radius 2 is 2.29 bits per heavy atom. The van der Waals surface area contributed by atoms with Crippen molar-refractivity contribution in [1.82, 2.24) is 4.90 Å². The number of aliphatic hydroxyl groups excluding tert-OH is 1. The topological polar surface area (TPSA) is 53.7 Å². The first-order valence-electron chi connectivity index (χ1n) is 6.17. The van der Waals surface area contributed by atoms with Gasteiger partial charge in [0.15, 0.2) is 0 Å². The Balaban J connectivity index is 1.73. The molecule has 3 rings (SSSR count). The molecule has 92 valence electrons. The van der Waals surface area contributed by atoms with Crippen LogP contribution in [-0.4, -0.2) is 35.1 Å². The monoisotopic (exact) mass is 235 g/mol. The third-order valence-electron chi connectivity index (χ3n) is 4.08. The van der Waals surface area contributed by atoms with E-state index in [4.69, 9.17) is 4.42 Å². The molecule has 0 spiro atoms. The van der Waals surface area contributed by atoms with E-state index in [-0.39, 0.29) is 17.9 Å². The Morgan fingerprint density at radius 3 is 2.94 bits per heavy atom. The molecule has 1 saturated heterocycles. The standard InChI is InChI=1S/C13H17NO3/c1-8-4-10(7-17-8)13(16)14-5-9-2-3-12(15)11(9)6-14/h4,7,9,11-12,15H,2-3,5-6H2,1H3. The summed E-state index contributed by atoms with van der Waals surface area (Å²) in [4.78, 5) is 14.0. The third kappa shape index (κ3) is 1.76. The summed E-state index contributed by atoms with van der Waals surface area (Å²) in [6.07, 6.45) is 3.23. The number of furan rings is 1. The summed E-state index contributed by atoms with van der Waals surface area (Å²) >= 11 is 0. The first kappa shape index (κ1) is 10.8. The summed E-state index contributed by atoms with van der Waals surface area (Å²) in [7, 11) is 0. The van der Waals surface area contributed by atoms with Gasteiger partial charge in [0, 0.05) is 19.0 Å². The minimum absolute atomic E-state index is 0.0310. The molecule has 1 aromatic rings. The van der Waals surface area contributed by atoms with E-state index in [9.17, 15) is 9.90 Å². The number of amides is 1. The van der Waals surface area contributed by atoms with Gasteiger partial charge in [0.25, 0.3) is 5.91 Å². The summed E-state index contributed by atoms with van der Waals surface area (Å²) in [5, 5.41) is 9.82. The second-order valence-corrected chi connectivity index (χ2v) is 5.22. The van der Waals surface area contributed by atoms with Crippen LogP contribution >= 0.6 is 0 Å². The number of hydrogen-bond donors (Lipinski definition) is 1. The van der Waals surface area contributed by atoms with Gasteiger partial charge in [-0.25, -0.2) is 0 Å². The molecular weight excluding hydrogens is 218 g/mol. The van der Waals surface area contributed by atoms with E-state index in [1.54, 1.807) is 6.07 Å². The molecule has 1 N–H and O–H groups in total. The number of nitrogens with zero attached hydrogens (tertiary/aromatic N) is 1. The zero-order chi connectivity index (χ0) is 12.0. The first-order valence-corrected chi connectivity index (χ1v) is 6.17. The molecule has 2 heterocycles. The Labute approximate surface area is 100 Å². The number of hydrogen-bond acceptors (Lipinski definition) is 3. The molecule has 1 aromatic heterocycles. The van der Waals surface area contributed by atoms with Gasteiger partial charge in [0.05, 0.1) is 11.7 Å². The number of aliphatic hydroxyl groups is 1. The van der Waals surface area contributed by atoms with Gasteiger partial charge >= 0.3 is 0 Å². The van der Waals surface area contributed by atoms with Crippen LogP contribution in [0.25, 0.3) is 0 Å². The minimum Gasteiger partial charge on any atom is -0.469 e. The van der Waals surface area contributed by atoms with Crippen LogP contribution in [0.2, 0.25) is 0 Å². The summed E-state index contributed by atoms with van der Waals surface area (Å²) in [6, 6.07) is 1.77. The van der Waals surface area contributed by atoms with Crippen LogP contribution in [0.15, 0.2) is 16.7 Å². The predicted molar refractivity (Wildman–Crippen MR) is 61.6 cm³/mol. The Morgan fingerprint density at radius 1 is 1.47 bits per heavy atom. The van der Waals surface area contributed by atoms with Crippen molar-refractivity contribution >= 4 is 5.91 Å². The average molecular weight is 235 g/mol. The van der Waals surface area contributed by atoms with Crippen LogP contribution in [0.1, 0.15) is 29.0 Å². The highest BCUT2D eigenvalue weighted by molar-refractivity contribution is 5.94. The van der Waals surface area contributed by atoms with Crippen LogP contribution in [-0.2, 0) is 0 Å². The fourth-order valence-electron chi connectivity index (χ4n) is 3.14. The largest absolute Gasteiger partial charge is 0.469 e. The molecule has 2 fully saturated rings. The average Bonchev–Trinajstić information content (AvgIpc) is 2.96. The number of rotatable bonds is 1. The second kappa shape index (κ2) is 3.88.